The molecule has 0 aromatic rings. The molecule has 1 N–H and O–H groups in total. The van der Waals surface area contributed by atoms with Gasteiger partial charge in [-0.15, -0.1) is 0 Å². The van der Waals surface area contributed by atoms with Crippen LogP contribution in [0.15, 0.2) is 0 Å². The molecule has 1 fully saturated rings. The first kappa shape index (κ1) is 16.9. The SMILES string of the molecule is CCC(CC)(CNC(C)C)CN1CCC(N(C)C)C1. The molecule has 1 aliphatic rings. The van der Waals surface area contributed by atoms with Gasteiger partial charge in [0.25, 0.3) is 0 Å². The molecule has 1 saturated heterocycles. The normalized spacial score (nSPS) is 21.8. The predicted octanol–water partition coefficient (Wildman–Crippen LogP) is 2.43. The largest absolute Gasteiger partial charge is 0.314 e. The molecule has 0 aromatic carbocycles. The van der Waals surface area contributed by atoms with E-state index >= 15 is 0 Å². The summed E-state index contributed by atoms with van der Waals surface area (Å²) >= 11 is 0. The first-order valence-corrected chi connectivity index (χ1v) is 8.04. The summed E-state index contributed by atoms with van der Waals surface area (Å²) in [5.41, 5.74) is 0.450. The number of nitrogens with one attached hydrogen (secondary N) is 1. The second-order valence-electron chi connectivity index (χ2n) is 6.88. The lowest BCUT2D eigenvalue weighted by Crippen LogP contribution is -2.45. The molecular formula is C16H35N3. The summed E-state index contributed by atoms with van der Waals surface area (Å²) in [4.78, 5) is 5.06. The third kappa shape index (κ3) is 5.05. The Morgan fingerprint density at radius 2 is 1.89 bits per heavy atom. The monoisotopic (exact) mass is 269 g/mol. The van der Waals surface area contributed by atoms with Gasteiger partial charge in [0.15, 0.2) is 0 Å². The molecule has 1 atom stereocenters. The van der Waals surface area contributed by atoms with Crippen molar-refractivity contribution < 1.29 is 0 Å². The van der Waals surface area contributed by atoms with Crippen molar-refractivity contribution >= 4 is 0 Å². The second kappa shape index (κ2) is 7.61. The maximum Gasteiger partial charge on any atom is 0.0229 e. The molecule has 114 valence electrons. The van der Waals surface area contributed by atoms with Crippen LogP contribution >= 0.6 is 0 Å². The minimum atomic E-state index is 0.450. The molecule has 3 nitrogen and oxygen atoms in total. The average Bonchev–Trinajstić information content (AvgIpc) is 2.83. The molecule has 0 saturated carbocycles. The fourth-order valence-electron chi connectivity index (χ4n) is 3.05. The van der Waals surface area contributed by atoms with Crippen LogP contribution in [0.4, 0.5) is 0 Å². The standard InChI is InChI=1S/C16H35N3/c1-7-16(8-2,12-17-14(3)4)13-19-10-9-15(11-19)18(5)6/h14-15,17H,7-13H2,1-6H3. The number of nitrogens with zero attached hydrogens (tertiary/aromatic N) is 2. The number of rotatable bonds is 8. The van der Waals surface area contributed by atoms with E-state index in [-0.39, 0.29) is 0 Å². The number of likely N-dealkylation sites (tertiary alicyclic amines) is 1. The Kier molecular flexibility index (Phi) is 6.78. The Balaban J connectivity index is 2.53. The summed E-state index contributed by atoms with van der Waals surface area (Å²) in [6.45, 7) is 14.1. The van der Waals surface area contributed by atoms with Crippen LogP contribution in [0, 0.1) is 5.41 Å². The van der Waals surface area contributed by atoms with Gasteiger partial charge in [-0.1, -0.05) is 27.7 Å². The number of hydrogen-bond acceptors (Lipinski definition) is 3. The van der Waals surface area contributed by atoms with Crippen LogP contribution in [0.1, 0.15) is 47.0 Å². The van der Waals surface area contributed by atoms with E-state index in [4.69, 9.17) is 0 Å². The van der Waals surface area contributed by atoms with E-state index in [1.165, 1.54) is 38.9 Å². The molecule has 1 rings (SSSR count). The molecule has 1 heterocycles. The summed E-state index contributed by atoms with van der Waals surface area (Å²) in [5.74, 6) is 0. The molecule has 0 aromatic heterocycles. The minimum Gasteiger partial charge on any atom is -0.314 e. The average molecular weight is 269 g/mol. The lowest BCUT2D eigenvalue weighted by Gasteiger charge is -2.37. The van der Waals surface area contributed by atoms with E-state index in [9.17, 15) is 0 Å². The molecular weight excluding hydrogens is 234 g/mol. The predicted molar refractivity (Wildman–Crippen MR) is 84.7 cm³/mol. The van der Waals surface area contributed by atoms with Gasteiger partial charge in [0.2, 0.25) is 0 Å². The highest BCUT2D eigenvalue weighted by Crippen LogP contribution is 2.29. The zero-order valence-electron chi connectivity index (χ0n) is 14.0. The maximum absolute atomic E-state index is 3.66. The Bertz CT molecular complexity index is 246. The lowest BCUT2D eigenvalue weighted by molar-refractivity contribution is 0.144. The molecule has 0 radical (unpaired) electrons. The Morgan fingerprint density at radius 1 is 1.26 bits per heavy atom. The molecule has 0 bridgehead atoms. The van der Waals surface area contributed by atoms with Crippen LogP contribution in [-0.2, 0) is 0 Å². The van der Waals surface area contributed by atoms with Gasteiger partial charge in [-0.05, 0) is 45.3 Å². The van der Waals surface area contributed by atoms with Crippen LogP contribution < -0.4 is 5.32 Å². The zero-order valence-corrected chi connectivity index (χ0v) is 14.0. The van der Waals surface area contributed by atoms with Crippen molar-refractivity contribution in [1.82, 2.24) is 15.1 Å². The number of hydrogen-bond donors (Lipinski definition) is 1. The fraction of sp³-hybridized carbons (Fsp3) is 1.00. The third-order valence-electron chi connectivity index (χ3n) is 4.92. The van der Waals surface area contributed by atoms with Gasteiger partial charge in [-0.2, -0.15) is 0 Å². The molecule has 0 amide bonds. The minimum absolute atomic E-state index is 0.450. The Morgan fingerprint density at radius 3 is 2.32 bits per heavy atom. The Hall–Kier alpha value is -0.120. The molecule has 0 aliphatic carbocycles. The van der Waals surface area contributed by atoms with Crippen LogP contribution in [0.3, 0.4) is 0 Å². The highest BCUT2D eigenvalue weighted by atomic mass is 15.2. The van der Waals surface area contributed by atoms with E-state index in [0.29, 0.717) is 11.5 Å². The van der Waals surface area contributed by atoms with Crippen molar-refractivity contribution in [1.29, 1.82) is 0 Å². The summed E-state index contributed by atoms with van der Waals surface area (Å²) in [6, 6.07) is 1.34. The summed E-state index contributed by atoms with van der Waals surface area (Å²) in [6.07, 6.45) is 3.87. The quantitative estimate of drug-likeness (QED) is 0.730. The number of likely N-dealkylation sites (N-methyl/N-ethyl adjacent to an activating group) is 1. The van der Waals surface area contributed by atoms with E-state index in [1.54, 1.807) is 0 Å². The van der Waals surface area contributed by atoms with Crippen molar-refractivity contribution in [3.63, 3.8) is 0 Å². The van der Waals surface area contributed by atoms with Crippen LogP contribution in [0.5, 0.6) is 0 Å². The smallest absolute Gasteiger partial charge is 0.0229 e. The zero-order chi connectivity index (χ0) is 14.5. The summed E-state index contributed by atoms with van der Waals surface area (Å²) < 4.78 is 0. The van der Waals surface area contributed by atoms with Crippen LogP contribution in [-0.4, -0.2) is 62.2 Å². The van der Waals surface area contributed by atoms with Crippen LogP contribution in [0.2, 0.25) is 0 Å². The van der Waals surface area contributed by atoms with Gasteiger partial charge in [-0.3, -0.25) is 0 Å². The van der Waals surface area contributed by atoms with Crippen molar-refractivity contribution in [3.8, 4) is 0 Å². The van der Waals surface area contributed by atoms with E-state index < -0.39 is 0 Å². The highest BCUT2D eigenvalue weighted by molar-refractivity contribution is 4.88. The molecule has 1 unspecified atom stereocenters. The van der Waals surface area contributed by atoms with E-state index in [0.717, 1.165) is 12.6 Å². The molecule has 0 spiro atoms. The van der Waals surface area contributed by atoms with Gasteiger partial charge in [0, 0.05) is 31.7 Å². The highest BCUT2D eigenvalue weighted by Gasteiger charge is 2.32. The van der Waals surface area contributed by atoms with Crippen LogP contribution in [0.25, 0.3) is 0 Å². The Labute approximate surface area is 120 Å². The van der Waals surface area contributed by atoms with Gasteiger partial charge >= 0.3 is 0 Å². The second-order valence-corrected chi connectivity index (χ2v) is 6.88. The van der Waals surface area contributed by atoms with E-state index in [1.807, 2.05) is 0 Å². The van der Waals surface area contributed by atoms with Crippen molar-refractivity contribution in [2.75, 3.05) is 40.3 Å². The molecule has 19 heavy (non-hydrogen) atoms. The summed E-state index contributed by atoms with van der Waals surface area (Å²) in [7, 11) is 4.42. The van der Waals surface area contributed by atoms with Crippen molar-refractivity contribution in [2.45, 2.75) is 59.0 Å². The topological polar surface area (TPSA) is 18.5 Å². The van der Waals surface area contributed by atoms with Gasteiger partial charge in [0.05, 0.1) is 0 Å². The molecule has 3 heteroatoms. The first-order chi connectivity index (χ1) is 8.92. The lowest BCUT2D eigenvalue weighted by atomic mass is 9.81. The summed E-state index contributed by atoms with van der Waals surface area (Å²) in [5, 5.41) is 3.66. The van der Waals surface area contributed by atoms with Crippen molar-refractivity contribution in [3.05, 3.63) is 0 Å². The van der Waals surface area contributed by atoms with Gasteiger partial charge in [-0.25, -0.2) is 0 Å². The van der Waals surface area contributed by atoms with E-state index in [2.05, 4.69) is 56.9 Å². The fourth-order valence-corrected chi connectivity index (χ4v) is 3.05. The third-order valence-corrected chi connectivity index (χ3v) is 4.92. The van der Waals surface area contributed by atoms with Gasteiger partial charge < -0.3 is 15.1 Å². The molecule has 1 aliphatic heterocycles. The van der Waals surface area contributed by atoms with Crippen molar-refractivity contribution in [2.24, 2.45) is 5.41 Å². The maximum atomic E-state index is 3.66. The first-order valence-electron chi connectivity index (χ1n) is 8.04. The van der Waals surface area contributed by atoms with Gasteiger partial charge in [0.1, 0.15) is 0 Å².